The number of carbonyl (C=O) groups is 1. The normalized spacial score (nSPS) is 17.5. The molecule has 11 heavy (non-hydrogen) atoms. The van der Waals surface area contributed by atoms with Crippen molar-refractivity contribution in [2.45, 2.75) is 18.1 Å². The van der Waals surface area contributed by atoms with Crippen LogP contribution in [-0.4, -0.2) is 24.4 Å². The molecule has 0 saturated heterocycles. The van der Waals surface area contributed by atoms with Gasteiger partial charge in [-0.2, -0.15) is 0 Å². The molecule has 1 fully saturated rings. The van der Waals surface area contributed by atoms with Gasteiger partial charge in [-0.15, -0.1) is 0 Å². The molecular weight excluding hydrogens is 166 g/mol. The first-order chi connectivity index (χ1) is 5.12. The Morgan fingerprint density at radius 2 is 2.00 bits per heavy atom. The molecule has 0 aliphatic heterocycles. The first-order valence-corrected chi connectivity index (χ1v) is 4.73. The van der Waals surface area contributed by atoms with Crippen molar-refractivity contribution in [1.82, 2.24) is 4.31 Å². The van der Waals surface area contributed by atoms with Gasteiger partial charge in [0, 0.05) is 6.20 Å². The number of hydrogen-bond acceptors (Lipinski definition) is 3. The molecule has 0 radical (unpaired) electrons. The lowest BCUT2D eigenvalue weighted by molar-refractivity contribution is -0.112. The molecule has 4 nitrogen and oxygen atoms in total. The zero-order chi connectivity index (χ0) is 8.48. The van der Waals surface area contributed by atoms with Gasteiger partial charge in [-0.05, 0) is 12.8 Å². The highest BCUT2D eigenvalue weighted by atomic mass is 32.2. The fourth-order valence-corrected chi connectivity index (χ4v) is 2.15. The zero-order valence-electron chi connectivity index (χ0n) is 5.93. The summed E-state index contributed by atoms with van der Waals surface area (Å²) in [7, 11) is -3.38. The molecule has 1 aliphatic carbocycles. The van der Waals surface area contributed by atoms with E-state index in [1.165, 1.54) is 0 Å². The first kappa shape index (κ1) is 8.26. The molecule has 1 amide bonds. The van der Waals surface area contributed by atoms with E-state index in [1.54, 1.807) is 0 Å². The molecule has 0 heterocycles. The van der Waals surface area contributed by atoms with E-state index in [1.807, 2.05) is 0 Å². The Hall–Kier alpha value is -0.840. The van der Waals surface area contributed by atoms with E-state index >= 15 is 0 Å². The van der Waals surface area contributed by atoms with Crippen LogP contribution >= 0.6 is 0 Å². The summed E-state index contributed by atoms with van der Waals surface area (Å²) < 4.78 is 23.0. The summed E-state index contributed by atoms with van der Waals surface area (Å²) in [5.41, 5.74) is 0. The number of sulfonamides is 1. The Bertz CT molecular complexity index is 258. The van der Waals surface area contributed by atoms with Gasteiger partial charge in [0.1, 0.15) is 0 Å². The van der Waals surface area contributed by atoms with Gasteiger partial charge in [0.2, 0.25) is 16.4 Å². The predicted octanol–water partition coefficient (Wildman–Crippen LogP) is 0.0805. The standard InChI is InChI=1S/C6H9NO3S/c1-2-7(5-8)11(9,10)6-3-4-6/h2,5-6H,1,3-4H2. The van der Waals surface area contributed by atoms with Crippen molar-refractivity contribution in [3.63, 3.8) is 0 Å². The van der Waals surface area contributed by atoms with Gasteiger partial charge in [-0.1, -0.05) is 6.58 Å². The SMILES string of the molecule is C=CN(C=O)S(=O)(=O)C1CC1. The van der Waals surface area contributed by atoms with Gasteiger partial charge in [-0.3, -0.25) is 4.79 Å². The van der Waals surface area contributed by atoms with Gasteiger partial charge in [-0.25, -0.2) is 12.7 Å². The number of carbonyl (C=O) groups excluding carboxylic acids is 1. The van der Waals surface area contributed by atoms with Crippen LogP contribution in [0.3, 0.4) is 0 Å². The summed E-state index contributed by atoms with van der Waals surface area (Å²) in [4.78, 5) is 10.2. The Labute approximate surface area is 65.6 Å². The molecule has 0 bridgehead atoms. The van der Waals surface area contributed by atoms with Crippen molar-refractivity contribution in [3.8, 4) is 0 Å². The fraction of sp³-hybridized carbons (Fsp3) is 0.500. The van der Waals surface area contributed by atoms with Crippen molar-refractivity contribution < 1.29 is 13.2 Å². The maximum atomic E-state index is 11.2. The molecule has 0 atom stereocenters. The largest absolute Gasteiger partial charge is 0.277 e. The maximum absolute atomic E-state index is 11.2. The molecular formula is C6H9NO3S. The monoisotopic (exact) mass is 175 g/mol. The van der Waals surface area contributed by atoms with Crippen LogP contribution < -0.4 is 0 Å². The number of rotatable bonds is 4. The highest BCUT2D eigenvalue weighted by molar-refractivity contribution is 7.90. The van der Waals surface area contributed by atoms with E-state index in [9.17, 15) is 13.2 Å². The zero-order valence-corrected chi connectivity index (χ0v) is 6.75. The molecule has 5 heteroatoms. The average Bonchev–Trinajstić information content (AvgIpc) is 2.69. The second-order valence-electron chi connectivity index (χ2n) is 2.36. The minimum Gasteiger partial charge on any atom is -0.277 e. The highest BCUT2D eigenvalue weighted by Crippen LogP contribution is 2.30. The summed E-state index contributed by atoms with van der Waals surface area (Å²) in [6.07, 6.45) is 2.59. The van der Waals surface area contributed by atoms with E-state index in [2.05, 4.69) is 6.58 Å². The van der Waals surface area contributed by atoms with Crippen LogP contribution in [0.1, 0.15) is 12.8 Å². The van der Waals surface area contributed by atoms with Crippen molar-refractivity contribution >= 4 is 16.4 Å². The van der Waals surface area contributed by atoms with E-state index in [4.69, 9.17) is 0 Å². The van der Waals surface area contributed by atoms with Gasteiger partial charge in [0.25, 0.3) is 0 Å². The lowest BCUT2D eigenvalue weighted by Crippen LogP contribution is -2.27. The molecule has 0 unspecified atom stereocenters. The average molecular weight is 175 g/mol. The number of nitrogens with zero attached hydrogens (tertiary/aromatic N) is 1. The second-order valence-corrected chi connectivity index (χ2v) is 4.48. The van der Waals surface area contributed by atoms with Gasteiger partial charge >= 0.3 is 0 Å². The summed E-state index contributed by atoms with van der Waals surface area (Å²) in [6, 6.07) is 0. The van der Waals surface area contributed by atoms with Crippen LogP contribution in [-0.2, 0) is 14.8 Å². The maximum Gasteiger partial charge on any atom is 0.243 e. The molecule has 0 aromatic rings. The van der Waals surface area contributed by atoms with Crippen LogP contribution in [0.25, 0.3) is 0 Å². The number of hydrogen-bond donors (Lipinski definition) is 0. The molecule has 1 saturated carbocycles. The van der Waals surface area contributed by atoms with Crippen LogP contribution in [0.15, 0.2) is 12.8 Å². The van der Waals surface area contributed by atoms with E-state index in [0.29, 0.717) is 17.1 Å². The van der Waals surface area contributed by atoms with Crippen LogP contribution in [0.2, 0.25) is 0 Å². The quantitative estimate of drug-likeness (QED) is 0.568. The molecule has 0 spiro atoms. The van der Waals surface area contributed by atoms with E-state index in [-0.39, 0.29) is 11.7 Å². The molecule has 0 aromatic carbocycles. The summed E-state index contributed by atoms with van der Waals surface area (Å²) >= 11 is 0. The van der Waals surface area contributed by atoms with Crippen molar-refractivity contribution in [2.24, 2.45) is 0 Å². The third kappa shape index (κ3) is 1.42. The Balaban J connectivity index is 2.84. The summed E-state index contributed by atoms with van der Waals surface area (Å²) in [6.45, 7) is 3.22. The molecule has 1 rings (SSSR count). The van der Waals surface area contributed by atoms with Crippen LogP contribution in [0, 0.1) is 0 Å². The summed E-state index contributed by atoms with van der Waals surface area (Å²) in [5, 5.41) is -0.356. The van der Waals surface area contributed by atoms with Crippen molar-refractivity contribution in [3.05, 3.63) is 12.8 Å². The fourth-order valence-electron chi connectivity index (χ4n) is 0.745. The van der Waals surface area contributed by atoms with Gasteiger partial charge < -0.3 is 0 Å². The summed E-state index contributed by atoms with van der Waals surface area (Å²) in [5.74, 6) is 0. The predicted molar refractivity (Wildman–Crippen MR) is 40.0 cm³/mol. The Morgan fingerprint density at radius 3 is 2.27 bits per heavy atom. The minimum absolute atomic E-state index is 0.265. The van der Waals surface area contributed by atoms with Gasteiger partial charge in [0.05, 0.1) is 5.25 Å². The van der Waals surface area contributed by atoms with Crippen molar-refractivity contribution in [1.29, 1.82) is 0 Å². The number of amides is 1. The topological polar surface area (TPSA) is 54.5 Å². The molecule has 62 valence electrons. The first-order valence-electron chi connectivity index (χ1n) is 3.23. The van der Waals surface area contributed by atoms with Crippen LogP contribution in [0.4, 0.5) is 0 Å². The second kappa shape index (κ2) is 2.65. The smallest absolute Gasteiger partial charge is 0.243 e. The minimum atomic E-state index is -3.38. The lowest BCUT2D eigenvalue weighted by Gasteiger charge is -2.10. The lowest BCUT2D eigenvalue weighted by atomic mass is 11.0. The van der Waals surface area contributed by atoms with E-state index in [0.717, 1.165) is 6.20 Å². The van der Waals surface area contributed by atoms with Crippen LogP contribution in [0.5, 0.6) is 0 Å². The third-order valence-corrected chi connectivity index (χ3v) is 3.66. The molecule has 0 aromatic heterocycles. The highest BCUT2D eigenvalue weighted by Gasteiger charge is 2.38. The van der Waals surface area contributed by atoms with E-state index < -0.39 is 10.0 Å². The molecule has 1 aliphatic rings. The van der Waals surface area contributed by atoms with Gasteiger partial charge in [0.15, 0.2) is 0 Å². The Kier molecular flexibility index (Phi) is 1.99. The Morgan fingerprint density at radius 1 is 1.45 bits per heavy atom. The molecule has 0 N–H and O–H groups in total. The van der Waals surface area contributed by atoms with Crippen molar-refractivity contribution in [2.75, 3.05) is 0 Å². The third-order valence-electron chi connectivity index (χ3n) is 1.52.